The number of hydrogen-bond acceptors (Lipinski definition) is 5. The molecular weight excluding hydrogens is 311 g/mol. The molecule has 0 saturated carbocycles. The molecule has 1 fully saturated rings. The maximum atomic E-state index is 13.9. The van der Waals surface area contributed by atoms with Crippen molar-refractivity contribution in [1.82, 2.24) is 5.32 Å². The van der Waals surface area contributed by atoms with Crippen molar-refractivity contribution in [2.45, 2.75) is 24.8 Å². The van der Waals surface area contributed by atoms with Crippen molar-refractivity contribution in [2.75, 3.05) is 18.0 Å². The number of cyclic esters (lactones) is 1. The highest BCUT2D eigenvalue weighted by atomic mass is 32.2. The van der Waals surface area contributed by atoms with Crippen molar-refractivity contribution < 1.29 is 23.5 Å². The Morgan fingerprint density at radius 1 is 1.45 bits per heavy atom. The predicted molar refractivity (Wildman–Crippen MR) is 79.2 cm³/mol. The van der Waals surface area contributed by atoms with Gasteiger partial charge in [0.1, 0.15) is 11.9 Å². The number of ether oxygens (including phenoxy) is 1. The molecule has 1 aromatic carbocycles. The fourth-order valence-corrected chi connectivity index (χ4v) is 2.59. The Kier molecular flexibility index (Phi) is 5.02. The van der Waals surface area contributed by atoms with E-state index < -0.39 is 18.0 Å². The topological polar surface area (TPSA) is 75.7 Å². The normalized spacial score (nSPS) is 17.3. The van der Waals surface area contributed by atoms with Crippen molar-refractivity contribution in [3.8, 4) is 0 Å². The van der Waals surface area contributed by atoms with Gasteiger partial charge in [-0.3, -0.25) is 14.5 Å². The van der Waals surface area contributed by atoms with E-state index in [2.05, 4.69) is 5.32 Å². The highest BCUT2D eigenvalue weighted by Gasteiger charge is 2.32. The van der Waals surface area contributed by atoms with Crippen LogP contribution in [0.3, 0.4) is 0 Å². The number of anilines is 1. The third kappa shape index (κ3) is 3.97. The Labute approximate surface area is 131 Å². The van der Waals surface area contributed by atoms with Crippen LogP contribution in [0.1, 0.15) is 13.8 Å². The lowest BCUT2D eigenvalue weighted by atomic mass is 10.2. The Hall–Kier alpha value is -2.09. The molecule has 1 aromatic rings. The van der Waals surface area contributed by atoms with Crippen LogP contribution >= 0.6 is 11.8 Å². The summed E-state index contributed by atoms with van der Waals surface area (Å²) >= 11 is 0.793. The van der Waals surface area contributed by atoms with Gasteiger partial charge < -0.3 is 10.1 Å². The number of carbonyl (C=O) groups is 3. The fourth-order valence-electron chi connectivity index (χ4n) is 1.99. The molecule has 1 saturated heterocycles. The lowest BCUT2D eigenvalue weighted by molar-refractivity contribution is -0.119. The van der Waals surface area contributed by atoms with Crippen molar-refractivity contribution in [3.63, 3.8) is 0 Å². The van der Waals surface area contributed by atoms with Crippen LogP contribution in [-0.2, 0) is 14.3 Å². The third-order valence-electron chi connectivity index (χ3n) is 2.93. The lowest BCUT2D eigenvalue weighted by Gasteiger charge is -2.14. The number of rotatable bonds is 4. The van der Waals surface area contributed by atoms with Gasteiger partial charge >= 0.3 is 6.09 Å². The average molecular weight is 326 g/mol. The van der Waals surface area contributed by atoms with Crippen LogP contribution in [0.25, 0.3) is 0 Å². The van der Waals surface area contributed by atoms with E-state index in [-0.39, 0.29) is 29.0 Å². The van der Waals surface area contributed by atoms with E-state index in [1.807, 2.05) is 0 Å². The monoisotopic (exact) mass is 326 g/mol. The zero-order chi connectivity index (χ0) is 16.3. The highest BCUT2D eigenvalue weighted by Crippen LogP contribution is 2.28. The van der Waals surface area contributed by atoms with Gasteiger partial charge in [-0.05, 0) is 30.0 Å². The fraction of sp³-hybridized carbons (Fsp3) is 0.357. The minimum absolute atomic E-state index is 0.207. The van der Waals surface area contributed by atoms with Crippen LogP contribution in [0.5, 0.6) is 0 Å². The molecule has 0 aliphatic carbocycles. The molecule has 1 atom stereocenters. The Balaban J connectivity index is 2.08. The number of benzene rings is 1. The maximum absolute atomic E-state index is 13.9. The summed E-state index contributed by atoms with van der Waals surface area (Å²) in [7, 11) is 0. The third-order valence-corrected chi connectivity index (χ3v) is 3.77. The Morgan fingerprint density at radius 2 is 2.18 bits per heavy atom. The van der Waals surface area contributed by atoms with Gasteiger partial charge in [-0.15, -0.1) is 0 Å². The highest BCUT2D eigenvalue weighted by molar-refractivity contribution is 8.13. The first-order valence-corrected chi connectivity index (χ1v) is 7.39. The van der Waals surface area contributed by atoms with Crippen molar-refractivity contribution in [1.29, 1.82) is 0 Å². The second kappa shape index (κ2) is 6.78. The second-order valence-electron chi connectivity index (χ2n) is 4.76. The number of nitrogens with zero attached hydrogens (tertiary/aromatic N) is 1. The summed E-state index contributed by atoms with van der Waals surface area (Å²) in [6.07, 6.45) is -1.08. The second-order valence-corrected chi connectivity index (χ2v) is 5.98. The molecule has 0 aromatic heterocycles. The SMILES string of the molecule is CC(=O)NC[C@H]1CN(c2ccc(SC(C)=O)c(F)c2)C(=O)O1. The predicted octanol–water partition coefficient (Wildman–Crippen LogP) is 1.93. The molecule has 2 rings (SSSR count). The maximum Gasteiger partial charge on any atom is 0.414 e. The largest absolute Gasteiger partial charge is 0.442 e. The van der Waals surface area contributed by atoms with Gasteiger partial charge in [0, 0.05) is 13.8 Å². The summed E-state index contributed by atoms with van der Waals surface area (Å²) in [6, 6.07) is 4.19. The first-order valence-electron chi connectivity index (χ1n) is 6.57. The van der Waals surface area contributed by atoms with Crippen molar-refractivity contribution >= 4 is 34.6 Å². The molecule has 22 heavy (non-hydrogen) atoms. The number of halogens is 1. The first-order chi connectivity index (χ1) is 10.4. The van der Waals surface area contributed by atoms with Gasteiger partial charge in [0.15, 0.2) is 5.12 Å². The van der Waals surface area contributed by atoms with Gasteiger partial charge in [-0.2, -0.15) is 0 Å². The van der Waals surface area contributed by atoms with Crippen LogP contribution in [0.4, 0.5) is 14.9 Å². The van der Waals surface area contributed by atoms with Gasteiger partial charge in [0.2, 0.25) is 5.91 Å². The number of nitrogens with one attached hydrogen (secondary N) is 1. The van der Waals surface area contributed by atoms with E-state index in [0.717, 1.165) is 11.8 Å². The van der Waals surface area contributed by atoms with E-state index in [1.54, 1.807) is 6.07 Å². The molecule has 1 aliphatic rings. The average Bonchev–Trinajstić information content (AvgIpc) is 2.79. The zero-order valence-corrected chi connectivity index (χ0v) is 12.9. The zero-order valence-electron chi connectivity index (χ0n) is 12.1. The molecule has 0 bridgehead atoms. The van der Waals surface area contributed by atoms with Crippen molar-refractivity contribution in [2.24, 2.45) is 0 Å². The van der Waals surface area contributed by atoms with Crippen molar-refractivity contribution in [3.05, 3.63) is 24.0 Å². The van der Waals surface area contributed by atoms with Crippen LogP contribution in [-0.4, -0.2) is 36.3 Å². The van der Waals surface area contributed by atoms with E-state index in [0.29, 0.717) is 5.69 Å². The molecule has 6 nitrogen and oxygen atoms in total. The molecule has 0 spiro atoms. The number of amides is 2. The summed E-state index contributed by atoms with van der Waals surface area (Å²) < 4.78 is 19.0. The molecule has 1 heterocycles. The first kappa shape index (κ1) is 16.3. The molecule has 1 aliphatic heterocycles. The van der Waals surface area contributed by atoms with E-state index in [4.69, 9.17) is 4.74 Å². The molecule has 8 heteroatoms. The molecule has 2 amide bonds. The molecular formula is C14H15FN2O4S. The summed E-state index contributed by atoms with van der Waals surface area (Å²) in [6.45, 7) is 3.15. The Morgan fingerprint density at radius 3 is 2.77 bits per heavy atom. The number of thioether (sulfide) groups is 1. The van der Waals surface area contributed by atoms with Crippen LogP contribution in [0, 0.1) is 5.82 Å². The summed E-state index contributed by atoms with van der Waals surface area (Å²) in [5.41, 5.74) is 0.348. The summed E-state index contributed by atoms with van der Waals surface area (Å²) in [5, 5.41) is 2.34. The summed E-state index contributed by atoms with van der Waals surface area (Å²) in [5.74, 6) is -0.790. The van der Waals surface area contributed by atoms with E-state index >= 15 is 0 Å². The van der Waals surface area contributed by atoms with Crippen LogP contribution in [0.15, 0.2) is 23.1 Å². The molecule has 0 unspecified atom stereocenters. The molecule has 118 valence electrons. The quantitative estimate of drug-likeness (QED) is 0.856. The number of carbonyl (C=O) groups excluding carboxylic acids is 3. The number of hydrogen-bond donors (Lipinski definition) is 1. The van der Waals surface area contributed by atoms with Gasteiger partial charge in [-0.25, -0.2) is 9.18 Å². The van der Waals surface area contributed by atoms with Gasteiger partial charge in [0.05, 0.1) is 23.7 Å². The van der Waals surface area contributed by atoms with Crippen LogP contribution in [0.2, 0.25) is 0 Å². The van der Waals surface area contributed by atoms with Gasteiger partial charge in [-0.1, -0.05) is 0 Å². The van der Waals surface area contributed by atoms with E-state index in [9.17, 15) is 18.8 Å². The summed E-state index contributed by atoms with van der Waals surface area (Å²) in [4.78, 5) is 35.2. The molecule has 1 N–H and O–H groups in total. The minimum Gasteiger partial charge on any atom is -0.442 e. The Bertz CT molecular complexity index is 623. The van der Waals surface area contributed by atoms with Gasteiger partial charge in [0.25, 0.3) is 0 Å². The lowest BCUT2D eigenvalue weighted by Crippen LogP contribution is -2.33. The smallest absolute Gasteiger partial charge is 0.414 e. The standard InChI is InChI=1S/C14H15FN2O4S/c1-8(18)16-6-11-7-17(14(20)21-11)10-3-4-13(12(15)5-10)22-9(2)19/h3-5,11H,6-7H2,1-2H3,(H,16,18)/t11-/m0/s1. The molecule has 0 radical (unpaired) electrons. The van der Waals surface area contributed by atoms with E-state index in [1.165, 1.54) is 30.9 Å². The minimum atomic E-state index is -0.596. The van der Waals surface area contributed by atoms with Crippen LogP contribution < -0.4 is 10.2 Å².